The highest BCUT2D eigenvalue weighted by Gasteiger charge is 2.21. The molecule has 0 aromatic carbocycles. The Balaban J connectivity index is 2.83. The van der Waals surface area contributed by atoms with Gasteiger partial charge in [-0.25, -0.2) is 4.98 Å². The summed E-state index contributed by atoms with van der Waals surface area (Å²) < 4.78 is 0. The van der Waals surface area contributed by atoms with Gasteiger partial charge in [0.15, 0.2) is 0 Å². The first-order chi connectivity index (χ1) is 6.80. The highest BCUT2D eigenvalue weighted by atomic mass is 35.5. The number of nitrogens with one attached hydrogen (secondary N) is 1. The molecule has 5 heteroatoms. The fourth-order valence-corrected chi connectivity index (χ4v) is 1.08. The van der Waals surface area contributed by atoms with Crippen LogP contribution in [-0.4, -0.2) is 10.9 Å². The van der Waals surface area contributed by atoms with E-state index in [0.717, 1.165) is 0 Å². The average molecular weight is 247 g/mol. The number of carbonyl (C=O) groups is 1. The number of halogens is 2. The average Bonchev–Trinajstić information content (AvgIpc) is 2.10. The number of aromatic nitrogens is 1. The predicted molar refractivity (Wildman–Crippen MR) is 62.3 cm³/mol. The molecule has 0 saturated carbocycles. The largest absolute Gasteiger partial charge is 0.324 e. The van der Waals surface area contributed by atoms with E-state index in [9.17, 15) is 4.79 Å². The number of carbonyl (C=O) groups excluding carboxylic acids is 1. The van der Waals surface area contributed by atoms with Crippen LogP contribution in [0.3, 0.4) is 0 Å². The lowest BCUT2D eigenvalue weighted by Crippen LogP contribution is -2.27. The van der Waals surface area contributed by atoms with Crippen molar-refractivity contribution >= 4 is 34.8 Å². The number of anilines is 1. The molecule has 82 valence electrons. The summed E-state index contributed by atoms with van der Waals surface area (Å²) in [4.78, 5) is 15.4. The first-order valence-corrected chi connectivity index (χ1v) is 5.19. The second-order valence-corrected chi connectivity index (χ2v) is 4.97. The van der Waals surface area contributed by atoms with Gasteiger partial charge in [0, 0.05) is 5.41 Å². The highest BCUT2D eigenvalue weighted by molar-refractivity contribution is 6.41. The van der Waals surface area contributed by atoms with Gasteiger partial charge in [-0.15, -0.1) is 0 Å². The van der Waals surface area contributed by atoms with Crippen LogP contribution in [0.1, 0.15) is 20.8 Å². The SMILES string of the molecule is CC(C)(C)C(=O)Nc1cnc(Cl)c(Cl)c1. The van der Waals surface area contributed by atoms with E-state index in [1.807, 2.05) is 20.8 Å². The van der Waals surface area contributed by atoms with Gasteiger partial charge in [0.25, 0.3) is 0 Å². The summed E-state index contributed by atoms with van der Waals surface area (Å²) in [6.07, 6.45) is 1.47. The van der Waals surface area contributed by atoms with Gasteiger partial charge in [0.2, 0.25) is 5.91 Å². The Hall–Kier alpha value is -0.800. The Morgan fingerprint density at radius 3 is 2.47 bits per heavy atom. The van der Waals surface area contributed by atoms with Crippen LogP contribution in [0.4, 0.5) is 5.69 Å². The van der Waals surface area contributed by atoms with E-state index in [4.69, 9.17) is 23.2 Å². The second kappa shape index (κ2) is 4.37. The molecular weight excluding hydrogens is 235 g/mol. The summed E-state index contributed by atoms with van der Waals surface area (Å²) in [7, 11) is 0. The molecule has 1 aromatic rings. The van der Waals surface area contributed by atoms with Crippen LogP contribution in [0.2, 0.25) is 10.2 Å². The van der Waals surface area contributed by atoms with Crippen molar-refractivity contribution in [3.05, 3.63) is 22.4 Å². The van der Waals surface area contributed by atoms with Crippen molar-refractivity contribution in [3.8, 4) is 0 Å². The normalized spacial score (nSPS) is 11.3. The molecule has 0 radical (unpaired) electrons. The number of hydrogen-bond donors (Lipinski definition) is 1. The minimum atomic E-state index is -0.452. The van der Waals surface area contributed by atoms with Gasteiger partial charge in [-0.1, -0.05) is 44.0 Å². The second-order valence-electron chi connectivity index (χ2n) is 4.20. The third-order valence-electron chi connectivity index (χ3n) is 1.74. The quantitative estimate of drug-likeness (QED) is 0.773. The Kier molecular flexibility index (Phi) is 3.58. The fourth-order valence-electron chi connectivity index (χ4n) is 0.808. The van der Waals surface area contributed by atoms with Crippen molar-refractivity contribution in [2.24, 2.45) is 5.41 Å². The summed E-state index contributed by atoms with van der Waals surface area (Å²) in [5.41, 5.74) is 0.0934. The molecule has 1 aromatic heterocycles. The number of rotatable bonds is 1. The van der Waals surface area contributed by atoms with Crippen molar-refractivity contribution < 1.29 is 4.79 Å². The van der Waals surface area contributed by atoms with Crippen LogP contribution in [0.5, 0.6) is 0 Å². The van der Waals surface area contributed by atoms with Gasteiger partial charge in [-0.3, -0.25) is 4.79 Å². The molecule has 0 unspecified atom stereocenters. The maximum Gasteiger partial charge on any atom is 0.229 e. The summed E-state index contributed by atoms with van der Waals surface area (Å²) in [6, 6.07) is 1.57. The zero-order chi connectivity index (χ0) is 11.6. The number of amides is 1. The van der Waals surface area contributed by atoms with E-state index in [0.29, 0.717) is 10.7 Å². The molecular formula is C10H12Cl2N2O. The molecule has 1 amide bonds. The molecule has 0 bridgehead atoms. The molecule has 15 heavy (non-hydrogen) atoms. The Bertz CT molecular complexity index is 385. The third-order valence-corrected chi connectivity index (χ3v) is 2.42. The summed E-state index contributed by atoms with van der Waals surface area (Å²) in [5, 5.41) is 3.26. The van der Waals surface area contributed by atoms with E-state index in [-0.39, 0.29) is 11.1 Å². The monoisotopic (exact) mass is 246 g/mol. The van der Waals surface area contributed by atoms with Gasteiger partial charge < -0.3 is 5.32 Å². The Labute approximate surface area is 98.8 Å². The minimum Gasteiger partial charge on any atom is -0.324 e. The first kappa shape index (κ1) is 12.3. The molecule has 0 aliphatic carbocycles. The van der Waals surface area contributed by atoms with Crippen molar-refractivity contribution in [3.63, 3.8) is 0 Å². The third kappa shape index (κ3) is 3.36. The standard InChI is InChI=1S/C10H12Cl2N2O/c1-10(2,3)9(15)14-6-4-7(11)8(12)13-5-6/h4-5H,1-3H3,(H,14,15). The molecule has 0 aliphatic heterocycles. The minimum absolute atomic E-state index is 0.0947. The summed E-state index contributed by atoms with van der Waals surface area (Å²) >= 11 is 11.4. The van der Waals surface area contributed by atoms with Crippen molar-refractivity contribution in [1.82, 2.24) is 4.98 Å². The lowest BCUT2D eigenvalue weighted by Gasteiger charge is -2.17. The first-order valence-electron chi connectivity index (χ1n) is 4.43. The molecule has 0 atom stereocenters. The van der Waals surface area contributed by atoms with E-state index in [1.54, 1.807) is 6.07 Å². The summed E-state index contributed by atoms with van der Waals surface area (Å²) in [5.74, 6) is -0.0947. The van der Waals surface area contributed by atoms with Crippen LogP contribution in [0, 0.1) is 5.41 Å². The van der Waals surface area contributed by atoms with Gasteiger partial charge in [-0.2, -0.15) is 0 Å². The van der Waals surface area contributed by atoms with Crippen LogP contribution >= 0.6 is 23.2 Å². The Morgan fingerprint density at radius 2 is 2.00 bits per heavy atom. The number of hydrogen-bond acceptors (Lipinski definition) is 2. The zero-order valence-electron chi connectivity index (χ0n) is 8.77. The molecule has 0 spiro atoms. The molecule has 1 rings (SSSR count). The summed E-state index contributed by atoms with van der Waals surface area (Å²) in [6.45, 7) is 5.48. The van der Waals surface area contributed by atoms with Crippen molar-refractivity contribution in [2.75, 3.05) is 5.32 Å². The van der Waals surface area contributed by atoms with E-state index >= 15 is 0 Å². The Morgan fingerprint density at radius 1 is 1.40 bits per heavy atom. The van der Waals surface area contributed by atoms with Crippen molar-refractivity contribution in [1.29, 1.82) is 0 Å². The number of pyridine rings is 1. The smallest absolute Gasteiger partial charge is 0.229 e. The lowest BCUT2D eigenvalue weighted by atomic mass is 9.96. The zero-order valence-corrected chi connectivity index (χ0v) is 10.3. The van der Waals surface area contributed by atoms with Gasteiger partial charge in [0.1, 0.15) is 5.15 Å². The molecule has 1 N–H and O–H groups in total. The molecule has 0 saturated heterocycles. The topological polar surface area (TPSA) is 42.0 Å². The van der Waals surface area contributed by atoms with Crippen molar-refractivity contribution in [2.45, 2.75) is 20.8 Å². The molecule has 0 aliphatic rings. The maximum absolute atomic E-state index is 11.6. The van der Waals surface area contributed by atoms with Crippen LogP contribution in [-0.2, 0) is 4.79 Å². The van der Waals surface area contributed by atoms with E-state index in [1.165, 1.54) is 6.20 Å². The van der Waals surface area contributed by atoms with Gasteiger partial charge in [-0.05, 0) is 6.07 Å². The fraction of sp³-hybridized carbons (Fsp3) is 0.400. The highest BCUT2D eigenvalue weighted by Crippen LogP contribution is 2.23. The molecule has 1 heterocycles. The lowest BCUT2D eigenvalue weighted by molar-refractivity contribution is -0.123. The predicted octanol–water partition coefficient (Wildman–Crippen LogP) is 3.37. The van der Waals surface area contributed by atoms with Gasteiger partial charge in [0.05, 0.1) is 16.9 Å². The molecule has 0 fully saturated rings. The number of nitrogens with zero attached hydrogens (tertiary/aromatic N) is 1. The van der Waals surface area contributed by atoms with Crippen LogP contribution in [0.25, 0.3) is 0 Å². The van der Waals surface area contributed by atoms with E-state index < -0.39 is 5.41 Å². The van der Waals surface area contributed by atoms with Crippen LogP contribution in [0.15, 0.2) is 12.3 Å². The van der Waals surface area contributed by atoms with E-state index in [2.05, 4.69) is 10.3 Å². The molecule has 3 nitrogen and oxygen atoms in total. The van der Waals surface area contributed by atoms with Crippen LogP contribution < -0.4 is 5.32 Å². The maximum atomic E-state index is 11.6. The van der Waals surface area contributed by atoms with Gasteiger partial charge >= 0.3 is 0 Å².